The van der Waals surface area contributed by atoms with Gasteiger partial charge in [-0.25, -0.2) is 0 Å². The van der Waals surface area contributed by atoms with Gasteiger partial charge in [0.15, 0.2) is 0 Å². The Labute approximate surface area is 176 Å². The molecule has 0 bridgehead atoms. The summed E-state index contributed by atoms with van der Waals surface area (Å²) in [4.78, 5) is 3.54. The molecule has 144 valence electrons. The molecule has 0 aliphatic carbocycles. The summed E-state index contributed by atoms with van der Waals surface area (Å²) in [5.74, 6) is 0. The van der Waals surface area contributed by atoms with E-state index in [-0.39, 0.29) is 4.75 Å². The Morgan fingerprint density at radius 2 is 1.31 bits per heavy atom. The van der Waals surface area contributed by atoms with E-state index in [0.29, 0.717) is 0 Å². The molecule has 0 saturated heterocycles. The monoisotopic (exact) mass is 396 g/mol. The van der Waals surface area contributed by atoms with Gasteiger partial charge in [-0.2, -0.15) is 0 Å². The molecule has 0 N–H and O–H groups in total. The molecule has 0 fully saturated rings. The van der Waals surface area contributed by atoms with Crippen molar-refractivity contribution >= 4 is 11.8 Å². The van der Waals surface area contributed by atoms with Crippen LogP contribution in [0.5, 0.6) is 0 Å². The zero-order valence-corrected chi connectivity index (χ0v) is 17.6. The highest BCUT2D eigenvalue weighted by Gasteiger charge is 2.44. The van der Waals surface area contributed by atoms with Crippen LogP contribution in [-0.2, 0) is 11.3 Å². The van der Waals surface area contributed by atoms with E-state index in [2.05, 4.69) is 121 Å². The maximum atomic E-state index is 2.48. The highest BCUT2D eigenvalue weighted by atomic mass is 32.2. The molecular weight excluding hydrogens is 372 g/mol. The van der Waals surface area contributed by atoms with Crippen LogP contribution >= 0.6 is 11.8 Å². The van der Waals surface area contributed by atoms with Gasteiger partial charge in [0.25, 0.3) is 0 Å². The van der Waals surface area contributed by atoms with Gasteiger partial charge in [0.2, 0.25) is 0 Å². The van der Waals surface area contributed by atoms with Crippen molar-refractivity contribution in [1.82, 2.24) is 9.47 Å². The summed E-state index contributed by atoms with van der Waals surface area (Å²) in [6, 6.07) is 35.2. The first-order valence-electron chi connectivity index (χ1n) is 9.95. The van der Waals surface area contributed by atoms with Gasteiger partial charge in [0.1, 0.15) is 4.75 Å². The van der Waals surface area contributed by atoms with Crippen LogP contribution in [0.3, 0.4) is 0 Å². The lowest BCUT2D eigenvalue weighted by Gasteiger charge is -2.40. The lowest BCUT2D eigenvalue weighted by molar-refractivity contribution is 0.393. The van der Waals surface area contributed by atoms with Gasteiger partial charge in [-0.15, -0.1) is 11.8 Å². The molecule has 1 aromatic heterocycles. The smallest absolute Gasteiger partial charge is 0.111 e. The highest BCUT2D eigenvalue weighted by molar-refractivity contribution is 8.00. The minimum absolute atomic E-state index is 0.290. The predicted octanol–water partition coefficient (Wildman–Crippen LogP) is 5.94. The fourth-order valence-electron chi connectivity index (χ4n) is 4.36. The minimum Gasteiger partial charge on any atom is -0.313 e. The first-order chi connectivity index (χ1) is 14.2. The fraction of sp³-hybridized carbons (Fsp3) is 0.154. The third kappa shape index (κ3) is 2.93. The molecule has 1 aliphatic heterocycles. The molecular formula is C26H24N2S. The van der Waals surface area contributed by atoms with Crippen molar-refractivity contribution in [2.75, 3.05) is 14.1 Å². The quantitative estimate of drug-likeness (QED) is 0.422. The van der Waals surface area contributed by atoms with Gasteiger partial charge in [0, 0.05) is 22.8 Å². The van der Waals surface area contributed by atoms with Crippen LogP contribution in [0.1, 0.15) is 22.5 Å². The van der Waals surface area contributed by atoms with Crippen molar-refractivity contribution in [3.8, 4) is 5.69 Å². The van der Waals surface area contributed by atoms with Crippen LogP contribution in [0, 0.1) is 0 Å². The molecule has 0 radical (unpaired) electrons. The number of rotatable bonds is 4. The topological polar surface area (TPSA) is 8.17 Å². The van der Waals surface area contributed by atoms with Crippen molar-refractivity contribution < 1.29 is 0 Å². The summed E-state index contributed by atoms with van der Waals surface area (Å²) in [7, 11) is 4.26. The molecule has 0 spiro atoms. The Morgan fingerprint density at radius 3 is 1.93 bits per heavy atom. The number of benzene rings is 3. The molecule has 3 aromatic carbocycles. The number of nitrogens with zero attached hydrogens (tertiary/aromatic N) is 2. The van der Waals surface area contributed by atoms with Crippen molar-refractivity contribution in [2.24, 2.45) is 0 Å². The Balaban J connectivity index is 1.86. The van der Waals surface area contributed by atoms with Gasteiger partial charge >= 0.3 is 0 Å². The summed E-state index contributed by atoms with van der Waals surface area (Å²) >= 11 is 1.95. The lowest BCUT2D eigenvalue weighted by Crippen LogP contribution is -2.32. The third-order valence-corrected chi connectivity index (χ3v) is 7.08. The molecule has 2 heterocycles. The van der Waals surface area contributed by atoms with Crippen molar-refractivity contribution in [2.45, 2.75) is 16.2 Å². The Hall–Kier alpha value is -2.75. The first kappa shape index (κ1) is 18.3. The van der Waals surface area contributed by atoms with Crippen molar-refractivity contribution in [1.29, 1.82) is 0 Å². The Kier molecular flexibility index (Phi) is 4.57. The molecule has 0 atom stereocenters. The molecule has 2 nitrogen and oxygen atoms in total. The first-order valence-corrected chi connectivity index (χ1v) is 10.8. The van der Waals surface area contributed by atoms with Crippen LogP contribution in [0.4, 0.5) is 0 Å². The summed E-state index contributed by atoms with van der Waals surface area (Å²) < 4.78 is 2.19. The van der Waals surface area contributed by atoms with Crippen LogP contribution < -0.4 is 0 Å². The second-order valence-electron chi connectivity index (χ2n) is 7.77. The van der Waals surface area contributed by atoms with Gasteiger partial charge in [0.05, 0.1) is 5.69 Å². The number of fused-ring (bicyclic) bond motifs is 3. The molecule has 0 amide bonds. The average molecular weight is 397 g/mol. The van der Waals surface area contributed by atoms with Gasteiger partial charge in [-0.05, 0) is 49.5 Å². The number of thioether (sulfide) groups is 1. The van der Waals surface area contributed by atoms with E-state index in [0.717, 1.165) is 6.54 Å². The predicted molar refractivity (Wildman–Crippen MR) is 122 cm³/mol. The fourth-order valence-corrected chi connectivity index (χ4v) is 5.87. The van der Waals surface area contributed by atoms with Crippen LogP contribution in [-0.4, -0.2) is 23.6 Å². The number of hydrogen-bond donors (Lipinski definition) is 0. The molecule has 29 heavy (non-hydrogen) atoms. The zero-order valence-electron chi connectivity index (χ0n) is 16.7. The standard InChI is InChI=1S/C26H24N2S/c1-27(2)19-22-17-18-25-26(20-11-5-3-6-12-20,21-13-7-4-8-14-21)29-24-16-10-9-15-23(24)28(22)25/h3-18H,19H2,1-2H3. The van der Waals surface area contributed by atoms with Crippen molar-refractivity contribution in [3.63, 3.8) is 0 Å². The maximum absolute atomic E-state index is 2.48. The molecule has 1 aliphatic rings. The molecule has 5 rings (SSSR count). The van der Waals surface area contributed by atoms with E-state index in [9.17, 15) is 0 Å². The summed E-state index contributed by atoms with van der Waals surface area (Å²) in [6.07, 6.45) is 0. The minimum atomic E-state index is -0.290. The SMILES string of the molecule is CN(C)Cc1ccc2n1-c1ccccc1SC2(c1ccccc1)c1ccccc1. The summed E-state index contributed by atoms with van der Waals surface area (Å²) in [5, 5.41) is 0. The number of hydrogen-bond acceptors (Lipinski definition) is 2. The molecule has 4 aromatic rings. The normalized spacial score (nSPS) is 14.4. The third-order valence-electron chi connectivity index (χ3n) is 5.53. The zero-order chi connectivity index (χ0) is 19.8. The van der Waals surface area contributed by atoms with Gasteiger partial charge in [-0.1, -0.05) is 72.8 Å². The number of para-hydroxylation sites is 1. The highest BCUT2D eigenvalue weighted by Crippen LogP contribution is 2.56. The Morgan fingerprint density at radius 1 is 0.724 bits per heavy atom. The van der Waals surface area contributed by atoms with Crippen LogP contribution in [0.25, 0.3) is 5.69 Å². The summed E-state index contributed by atoms with van der Waals surface area (Å²) in [5.41, 5.74) is 6.52. The second kappa shape index (κ2) is 7.25. The van der Waals surface area contributed by atoms with E-state index in [4.69, 9.17) is 0 Å². The largest absolute Gasteiger partial charge is 0.313 e. The van der Waals surface area contributed by atoms with Crippen LogP contribution in [0.2, 0.25) is 0 Å². The van der Waals surface area contributed by atoms with E-state index in [1.165, 1.54) is 33.1 Å². The van der Waals surface area contributed by atoms with Gasteiger partial charge in [-0.3, -0.25) is 0 Å². The van der Waals surface area contributed by atoms with E-state index in [1.807, 2.05) is 11.8 Å². The summed E-state index contributed by atoms with van der Waals surface area (Å²) in [6.45, 7) is 0.901. The number of aromatic nitrogens is 1. The Bertz CT molecular complexity index is 1090. The second-order valence-corrected chi connectivity index (χ2v) is 9.02. The molecule has 0 unspecified atom stereocenters. The lowest BCUT2D eigenvalue weighted by atomic mass is 9.87. The van der Waals surface area contributed by atoms with E-state index < -0.39 is 0 Å². The average Bonchev–Trinajstić information content (AvgIpc) is 3.18. The van der Waals surface area contributed by atoms with Gasteiger partial charge < -0.3 is 9.47 Å². The van der Waals surface area contributed by atoms with Crippen LogP contribution in [0.15, 0.2) is 102 Å². The maximum Gasteiger partial charge on any atom is 0.111 e. The van der Waals surface area contributed by atoms with Crippen molar-refractivity contribution in [3.05, 3.63) is 120 Å². The molecule has 0 saturated carbocycles. The molecule has 3 heteroatoms. The van der Waals surface area contributed by atoms with E-state index in [1.54, 1.807) is 0 Å². The van der Waals surface area contributed by atoms with E-state index >= 15 is 0 Å².